The first-order valence-electron chi connectivity index (χ1n) is 10.2. The van der Waals surface area contributed by atoms with Gasteiger partial charge in [-0.25, -0.2) is 9.97 Å². The number of carbonyl (C=O) groups excluding carboxylic acids is 1. The van der Waals surface area contributed by atoms with Crippen LogP contribution in [0.4, 0.5) is 5.69 Å². The molecule has 31 heavy (non-hydrogen) atoms. The Morgan fingerprint density at radius 2 is 1.74 bits per heavy atom. The summed E-state index contributed by atoms with van der Waals surface area (Å²) in [4.78, 5) is 20.5. The second-order valence-corrected chi connectivity index (χ2v) is 7.44. The molecule has 0 radical (unpaired) electrons. The van der Waals surface area contributed by atoms with E-state index in [-0.39, 0.29) is 5.91 Å². The molecule has 1 aliphatic heterocycles. The lowest BCUT2D eigenvalue weighted by atomic mass is 10.0. The molecule has 0 saturated carbocycles. The number of aryl methyl sites for hydroxylation is 1. The van der Waals surface area contributed by atoms with Crippen molar-refractivity contribution in [3.8, 4) is 11.5 Å². The van der Waals surface area contributed by atoms with Crippen molar-refractivity contribution in [1.29, 1.82) is 0 Å². The molecule has 1 N–H and O–H groups in total. The number of carbonyl (C=O) groups is 1. The summed E-state index contributed by atoms with van der Waals surface area (Å²) >= 11 is 0. The standard InChI is InChI=1S/C25H21N3O3/c29-25-11-9-18-8-10-21(13-23(18)28-25)30-15-17-4-3-6-20(12-17)31-16-24-26-14-19-5-1-2-7-22(19)27-24/h1-8,10,12-14H,9,11,15-16H2,(H,28,29). The van der Waals surface area contributed by atoms with Gasteiger partial charge in [-0.15, -0.1) is 0 Å². The number of para-hydroxylation sites is 1. The quantitative estimate of drug-likeness (QED) is 0.499. The molecule has 0 fully saturated rings. The molecule has 0 atom stereocenters. The van der Waals surface area contributed by atoms with Crippen molar-refractivity contribution >= 4 is 22.5 Å². The Morgan fingerprint density at radius 1 is 0.871 bits per heavy atom. The van der Waals surface area contributed by atoms with Crippen molar-refractivity contribution in [2.24, 2.45) is 0 Å². The molecule has 1 amide bonds. The molecule has 0 aliphatic carbocycles. The Morgan fingerprint density at radius 3 is 2.71 bits per heavy atom. The van der Waals surface area contributed by atoms with E-state index in [0.29, 0.717) is 25.5 Å². The Bertz CT molecular complexity index is 1260. The molecule has 0 unspecified atom stereocenters. The van der Waals surface area contributed by atoms with E-state index in [4.69, 9.17) is 9.47 Å². The Kier molecular flexibility index (Phi) is 5.19. The van der Waals surface area contributed by atoms with Crippen LogP contribution in [0, 0.1) is 0 Å². The Labute approximate surface area is 179 Å². The molecule has 3 aromatic carbocycles. The summed E-state index contributed by atoms with van der Waals surface area (Å²) in [7, 11) is 0. The van der Waals surface area contributed by atoms with Gasteiger partial charge < -0.3 is 14.8 Å². The summed E-state index contributed by atoms with van der Waals surface area (Å²) in [5, 5.41) is 3.91. The van der Waals surface area contributed by atoms with E-state index in [0.717, 1.165) is 45.6 Å². The maximum atomic E-state index is 11.6. The van der Waals surface area contributed by atoms with Gasteiger partial charge in [0.15, 0.2) is 5.82 Å². The predicted molar refractivity (Wildman–Crippen MR) is 118 cm³/mol. The van der Waals surface area contributed by atoms with Crippen molar-refractivity contribution in [3.05, 3.63) is 89.9 Å². The largest absolute Gasteiger partial charge is 0.489 e. The number of benzene rings is 3. The molecule has 0 saturated heterocycles. The first-order valence-corrected chi connectivity index (χ1v) is 10.2. The van der Waals surface area contributed by atoms with Crippen molar-refractivity contribution in [3.63, 3.8) is 0 Å². The number of amides is 1. The summed E-state index contributed by atoms with van der Waals surface area (Å²) in [6.45, 7) is 0.691. The summed E-state index contributed by atoms with van der Waals surface area (Å²) < 4.78 is 11.8. The molecule has 0 bridgehead atoms. The normalized spacial score (nSPS) is 12.8. The second kappa shape index (κ2) is 8.44. The first-order chi connectivity index (χ1) is 15.2. The molecule has 1 aliphatic rings. The van der Waals surface area contributed by atoms with Crippen LogP contribution >= 0.6 is 0 Å². The summed E-state index contributed by atoms with van der Waals surface area (Å²) in [5.41, 5.74) is 3.86. The molecule has 0 spiro atoms. The van der Waals surface area contributed by atoms with Crippen molar-refractivity contribution < 1.29 is 14.3 Å². The Balaban J connectivity index is 1.22. The molecule has 154 valence electrons. The highest BCUT2D eigenvalue weighted by Gasteiger charge is 2.15. The van der Waals surface area contributed by atoms with Crippen LogP contribution in [0.15, 0.2) is 72.9 Å². The minimum atomic E-state index is 0.0462. The van der Waals surface area contributed by atoms with Crippen LogP contribution in [0.2, 0.25) is 0 Å². The minimum Gasteiger partial charge on any atom is -0.489 e. The highest BCUT2D eigenvalue weighted by atomic mass is 16.5. The maximum absolute atomic E-state index is 11.6. The van der Waals surface area contributed by atoms with Crippen LogP contribution in [0.5, 0.6) is 11.5 Å². The third-order valence-corrected chi connectivity index (χ3v) is 5.19. The van der Waals surface area contributed by atoms with Crippen molar-refractivity contribution in [1.82, 2.24) is 9.97 Å². The lowest BCUT2D eigenvalue weighted by Crippen LogP contribution is -2.18. The van der Waals surface area contributed by atoms with Gasteiger partial charge >= 0.3 is 0 Å². The third kappa shape index (κ3) is 4.48. The van der Waals surface area contributed by atoms with Crippen LogP contribution in [0.1, 0.15) is 23.4 Å². The van der Waals surface area contributed by atoms with Gasteiger partial charge in [-0.05, 0) is 41.8 Å². The number of nitrogens with zero attached hydrogens (tertiary/aromatic N) is 2. The zero-order valence-electron chi connectivity index (χ0n) is 16.9. The predicted octanol–water partition coefficient (Wildman–Crippen LogP) is 4.67. The molecule has 6 nitrogen and oxygen atoms in total. The van der Waals surface area contributed by atoms with Crippen molar-refractivity contribution in [2.45, 2.75) is 26.1 Å². The molecule has 4 aromatic rings. The van der Waals surface area contributed by atoms with Gasteiger partial charge in [-0.3, -0.25) is 4.79 Å². The van der Waals surface area contributed by atoms with Crippen LogP contribution < -0.4 is 14.8 Å². The lowest BCUT2D eigenvalue weighted by molar-refractivity contribution is -0.116. The van der Waals surface area contributed by atoms with E-state index in [1.165, 1.54) is 0 Å². The van der Waals surface area contributed by atoms with E-state index in [1.54, 1.807) is 0 Å². The van der Waals surface area contributed by atoms with Gasteiger partial charge in [-0.2, -0.15) is 0 Å². The minimum absolute atomic E-state index is 0.0462. The van der Waals surface area contributed by atoms with Gasteiger partial charge in [0.05, 0.1) is 5.52 Å². The zero-order chi connectivity index (χ0) is 21.0. The topological polar surface area (TPSA) is 73.3 Å². The fraction of sp³-hybridized carbons (Fsp3) is 0.160. The van der Waals surface area contributed by atoms with Crippen LogP contribution in [0.3, 0.4) is 0 Å². The summed E-state index contributed by atoms with van der Waals surface area (Å²) in [5.74, 6) is 2.13. The van der Waals surface area contributed by atoms with Gasteiger partial charge in [0.25, 0.3) is 0 Å². The number of ether oxygens (including phenoxy) is 2. The number of rotatable bonds is 6. The van der Waals surface area contributed by atoms with Crippen LogP contribution in [-0.2, 0) is 24.4 Å². The number of aromatic nitrogens is 2. The van der Waals surface area contributed by atoms with Gasteiger partial charge in [0.2, 0.25) is 5.91 Å². The highest BCUT2D eigenvalue weighted by molar-refractivity contribution is 5.94. The van der Waals surface area contributed by atoms with E-state index in [9.17, 15) is 4.79 Å². The Hall–Kier alpha value is -3.93. The second-order valence-electron chi connectivity index (χ2n) is 7.44. The lowest BCUT2D eigenvalue weighted by Gasteiger charge is -2.17. The number of anilines is 1. The van der Waals surface area contributed by atoms with Gasteiger partial charge in [0, 0.05) is 29.8 Å². The third-order valence-electron chi connectivity index (χ3n) is 5.19. The first kappa shape index (κ1) is 19.1. The van der Waals surface area contributed by atoms with E-state index in [1.807, 2.05) is 72.9 Å². The molecule has 2 heterocycles. The summed E-state index contributed by atoms with van der Waals surface area (Å²) in [6.07, 6.45) is 3.11. The van der Waals surface area contributed by atoms with E-state index < -0.39 is 0 Å². The average molecular weight is 411 g/mol. The van der Waals surface area contributed by atoms with Crippen molar-refractivity contribution in [2.75, 3.05) is 5.32 Å². The highest BCUT2D eigenvalue weighted by Crippen LogP contribution is 2.27. The molecule has 1 aromatic heterocycles. The number of hydrogen-bond acceptors (Lipinski definition) is 5. The number of nitrogens with one attached hydrogen (secondary N) is 1. The summed E-state index contributed by atoms with van der Waals surface area (Å²) in [6, 6.07) is 21.5. The van der Waals surface area contributed by atoms with Crippen LogP contribution in [-0.4, -0.2) is 15.9 Å². The number of fused-ring (bicyclic) bond motifs is 2. The smallest absolute Gasteiger partial charge is 0.224 e. The molecular formula is C25H21N3O3. The van der Waals surface area contributed by atoms with E-state index in [2.05, 4.69) is 15.3 Å². The average Bonchev–Trinajstić information content (AvgIpc) is 2.81. The fourth-order valence-corrected chi connectivity index (χ4v) is 3.56. The fourth-order valence-electron chi connectivity index (χ4n) is 3.56. The zero-order valence-corrected chi connectivity index (χ0v) is 16.9. The van der Waals surface area contributed by atoms with Gasteiger partial charge in [-0.1, -0.05) is 36.4 Å². The molecule has 6 heteroatoms. The van der Waals surface area contributed by atoms with E-state index >= 15 is 0 Å². The number of hydrogen-bond donors (Lipinski definition) is 1. The van der Waals surface area contributed by atoms with Gasteiger partial charge in [0.1, 0.15) is 24.7 Å². The molecular weight excluding hydrogens is 390 g/mol. The maximum Gasteiger partial charge on any atom is 0.224 e. The molecule has 5 rings (SSSR count). The monoisotopic (exact) mass is 411 g/mol. The van der Waals surface area contributed by atoms with Crippen LogP contribution in [0.25, 0.3) is 10.9 Å². The SMILES string of the molecule is O=C1CCc2ccc(OCc3cccc(OCc4ncc5ccccc5n4)c3)cc2N1.